The Morgan fingerprint density at radius 1 is 1.36 bits per heavy atom. The summed E-state index contributed by atoms with van der Waals surface area (Å²) >= 11 is 0. The third-order valence-electron chi connectivity index (χ3n) is 5.00. The Balaban J connectivity index is 2.03. The zero-order valence-corrected chi connectivity index (χ0v) is 13.0. The first-order valence-corrected chi connectivity index (χ1v) is 7.91. The van der Waals surface area contributed by atoms with E-state index in [0.717, 1.165) is 31.4 Å². The molecule has 3 heterocycles. The van der Waals surface area contributed by atoms with Gasteiger partial charge >= 0.3 is 5.97 Å². The Hall–Kier alpha value is -2.07. The van der Waals surface area contributed by atoms with E-state index in [1.807, 2.05) is 12.1 Å². The molecule has 0 spiro atoms. The number of para-hydroxylation sites is 1. The zero-order valence-electron chi connectivity index (χ0n) is 13.0. The maximum Gasteiger partial charge on any atom is 0.354 e. The van der Waals surface area contributed by atoms with E-state index in [1.54, 1.807) is 0 Å². The Kier molecular flexibility index (Phi) is 3.08. The van der Waals surface area contributed by atoms with Gasteiger partial charge in [0.05, 0.1) is 18.7 Å². The number of aromatic nitrogens is 1. The summed E-state index contributed by atoms with van der Waals surface area (Å²) in [5.41, 5.74) is 4.47. The van der Waals surface area contributed by atoms with E-state index >= 15 is 0 Å². The van der Waals surface area contributed by atoms with Crippen LogP contribution in [0.25, 0.3) is 16.6 Å². The molecule has 0 aliphatic carbocycles. The first-order chi connectivity index (χ1) is 10.8. The first-order valence-electron chi connectivity index (χ1n) is 7.91. The average molecular weight is 296 g/mol. The number of ether oxygens (including phenoxy) is 1. The molecule has 0 amide bonds. The Morgan fingerprint density at radius 2 is 2.18 bits per heavy atom. The molecule has 1 aromatic heterocycles. The summed E-state index contributed by atoms with van der Waals surface area (Å²) in [5, 5.41) is 1.27. The second kappa shape index (κ2) is 4.99. The van der Waals surface area contributed by atoms with Gasteiger partial charge in [0.25, 0.3) is 0 Å². The number of fused-ring (bicyclic) bond motifs is 3. The van der Waals surface area contributed by atoms with Crippen molar-refractivity contribution in [1.29, 1.82) is 0 Å². The van der Waals surface area contributed by atoms with Crippen molar-refractivity contribution in [2.45, 2.75) is 25.8 Å². The van der Waals surface area contributed by atoms with Crippen LogP contribution in [0.2, 0.25) is 0 Å². The van der Waals surface area contributed by atoms with E-state index in [0.29, 0.717) is 11.7 Å². The molecule has 0 bridgehead atoms. The van der Waals surface area contributed by atoms with Crippen molar-refractivity contribution in [1.82, 2.24) is 9.47 Å². The molecular weight excluding hydrogens is 276 g/mol. The summed E-state index contributed by atoms with van der Waals surface area (Å²) in [4.78, 5) is 14.7. The molecule has 0 radical (unpaired) electrons. The summed E-state index contributed by atoms with van der Waals surface area (Å²) in [6, 6.07) is 8.75. The quantitative estimate of drug-likeness (QED) is 0.799. The molecule has 1 aromatic carbocycles. The standard InChI is InChI=1S/C18H20N2O2/c1-3-19-11-10-13-12-6-4-5-7-14(12)20-16(18(21)22-2)9-8-15(19)17(13)20/h4-7,9,15H,3,8,10-11H2,1-2H3/t15-/m1/s1. The van der Waals surface area contributed by atoms with Gasteiger partial charge in [0.1, 0.15) is 5.70 Å². The zero-order chi connectivity index (χ0) is 15.3. The van der Waals surface area contributed by atoms with Crippen LogP contribution in [0.5, 0.6) is 0 Å². The predicted molar refractivity (Wildman–Crippen MR) is 86.5 cm³/mol. The van der Waals surface area contributed by atoms with Crippen LogP contribution in [0, 0.1) is 0 Å². The van der Waals surface area contributed by atoms with Crippen molar-refractivity contribution in [3.05, 3.63) is 41.6 Å². The van der Waals surface area contributed by atoms with Crippen LogP contribution in [0.4, 0.5) is 0 Å². The van der Waals surface area contributed by atoms with Crippen molar-refractivity contribution < 1.29 is 9.53 Å². The van der Waals surface area contributed by atoms with Crippen LogP contribution < -0.4 is 0 Å². The minimum Gasteiger partial charge on any atom is -0.464 e. The summed E-state index contributed by atoms with van der Waals surface area (Å²) in [6.45, 7) is 4.33. The lowest BCUT2D eigenvalue weighted by Gasteiger charge is -2.38. The molecule has 2 aromatic rings. The van der Waals surface area contributed by atoms with E-state index in [4.69, 9.17) is 4.74 Å². The number of carbonyl (C=O) groups is 1. The molecule has 4 heteroatoms. The van der Waals surface area contributed by atoms with Crippen LogP contribution in [-0.2, 0) is 16.0 Å². The van der Waals surface area contributed by atoms with Gasteiger partial charge in [-0.1, -0.05) is 31.2 Å². The minimum absolute atomic E-state index is 0.254. The van der Waals surface area contributed by atoms with Crippen LogP contribution in [-0.4, -0.2) is 35.6 Å². The number of likely N-dealkylation sites (N-methyl/N-ethyl adjacent to an activating group) is 1. The molecule has 2 aliphatic rings. The average Bonchev–Trinajstić information content (AvgIpc) is 2.91. The largest absolute Gasteiger partial charge is 0.464 e. The van der Waals surface area contributed by atoms with Gasteiger partial charge in [-0.05, 0) is 31.0 Å². The number of methoxy groups -OCH3 is 1. The highest BCUT2D eigenvalue weighted by Gasteiger charge is 2.36. The van der Waals surface area contributed by atoms with Gasteiger partial charge in [-0.3, -0.25) is 4.90 Å². The number of rotatable bonds is 2. The fourth-order valence-electron chi connectivity index (χ4n) is 4.02. The molecule has 1 atom stereocenters. The molecule has 0 saturated heterocycles. The monoisotopic (exact) mass is 296 g/mol. The molecule has 0 saturated carbocycles. The number of hydrogen-bond donors (Lipinski definition) is 0. The van der Waals surface area contributed by atoms with E-state index in [-0.39, 0.29) is 5.97 Å². The SMILES string of the molecule is CCN1CCc2c3n(c4ccccc24)C(C(=O)OC)=CC[C@H]31. The molecule has 22 heavy (non-hydrogen) atoms. The summed E-state index contributed by atoms with van der Waals surface area (Å²) in [7, 11) is 1.45. The van der Waals surface area contributed by atoms with E-state index in [2.05, 4.69) is 34.6 Å². The maximum atomic E-state index is 12.2. The summed E-state index contributed by atoms with van der Waals surface area (Å²) in [5.74, 6) is -0.254. The molecular formula is C18H20N2O2. The Labute approximate surface area is 130 Å². The van der Waals surface area contributed by atoms with Crippen molar-refractivity contribution in [3.8, 4) is 0 Å². The van der Waals surface area contributed by atoms with Gasteiger partial charge in [0, 0.05) is 17.6 Å². The van der Waals surface area contributed by atoms with Gasteiger partial charge in [0.15, 0.2) is 0 Å². The smallest absolute Gasteiger partial charge is 0.354 e. The number of carbonyl (C=O) groups excluding carboxylic acids is 1. The molecule has 0 N–H and O–H groups in total. The van der Waals surface area contributed by atoms with E-state index in [1.165, 1.54) is 23.8 Å². The third-order valence-corrected chi connectivity index (χ3v) is 5.00. The molecule has 0 unspecified atom stereocenters. The van der Waals surface area contributed by atoms with Gasteiger partial charge < -0.3 is 9.30 Å². The predicted octanol–water partition coefficient (Wildman–Crippen LogP) is 2.98. The normalized spacial score (nSPS) is 20.6. The maximum absolute atomic E-state index is 12.2. The van der Waals surface area contributed by atoms with Crippen molar-refractivity contribution in [2.24, 2.45) is 0 Å². The highest BCUT2D eigenvalue weighted by Crippen LogP contribution is 2.43. The Morgan fingerprint density at radius 3 is 2.95 bits per heavy atom. The van der Waals surface area contributed by atoms with Crippen molar-refractivity contribution >= 4 is 22.6 Å². The van der Waals surface area contributed by atoms with E-state index < -0.39 is 0 Å². The first kappa shape index (κ1) is 13.6. The van der Waals surface area contributed by atoms with Gasteiger partial charge in [-0.15, -0.1) is 0 Å². The van der Waals surface area contributed by atoms with Crippen molar-refractivity contribution in [2.75, 3.05) is 20.2 Å². The summed E-state index contributed by atoms with van der Waals surface area (Å²) < 4.78 is 7.13. The molecule has 114 valence electrons. The van der Waals surface area contributed by atoms with Crippen molar-refractivity contribution in [3.63, 3.8) is 0 Å². The lowest BCUT2D eigenvalue weighted by Crippen LogP contribution is -2.37. The summed E-state index contributed by atoms with van der Waals surface area (Å²) in [6.07, 6.45) is 3.96. The van der Waals surface area contributed by atoms with Crippen LogP contribution in [0.3, 0.4) is 0 Å². The Bertz CT molecular complexity index is 788. The van der Waals surface area contributed by atoms with Gasteiger partial charge in [0.2, 0.25) is 0 Å². The highest BCUT2D eigenvalue weighted by molar-refractivity contribution is 6.13. The molecule has 4 rings (SSSR count). The number of nitrogens with zero attached hydrogens (tertiary/aromatic N) is 2. The van der Waals surface area contributed by atoms with Gasteiger partial charge in [-0.2, -0.15) is 0 Å². The van der Waals surface area contributed by atoms with E-state index in [9.17, 15) is 4.79 Å². The second-order valence-corrected chi connectivity index (χ2v) is 5.93. The number of hydrogen-bond acceptors (Lipinski definition) is 3. The molecule has 0 fully saturated rings. The van der Waals surface area contributed by atoms with Crippen LogP contribution >= 0.6 is 0 Å². The fourth-order valence-corrected chi connectivity index (χ4v) is 4.02. The topological polar surface area (TPSA) is 34.5 Å². The lowest BCUT2D eigenvalue weighted by atomic mass is 9.93. The second-order valence-electron chi connectivity index (χ2n) is 5.93. The van der Waals surface area contributed by atoms with Gasteiger partial charge in [-0.25, -0.2) is 4.79 Å². The van der Waals surface area contributed by atoms with Crippen LogP contribution in [0.15, 0.2) is 30.3 Å². The number of esters is 1. The number of benzene rings is 1. The lowest BCUT2D eigenvalue weighted by molar-refractivity contribution is -0.134. The fraction of sp³-hybridized carbons (Fsp3) is 0.389. The third kappa shape index (κ3) is 1.70. The minimum atomic E-state index is -0.254. The highest BCUT2D eigenvalue weighted by atomic mass is 16.5. The molecule has 4 nitrogen and oxygen atoms in total. The molecule has 2 aliphatic heterocycles. The van der Waals surface area contributed by atoms with Crippen LogP contribution in [0.1, 0.15) is 30.6 Å².